The van der Waals surface area contributed by atoms with Gasteiger partial charge < -0.3 is 20.6 Å². The van der Waals surface area contributed by atoms with Crippen LogP contribution in [0.2, 0.25) is 0 Å². The van der Waals surface area contributed by atoms with Crippen LogP contribution in [-0.2, 0) is 0 Å². The molecule has 124 valence electrons. The van der Waals surface area contributed by atoms with Gasteiger partial charge in [0.2, 0.25) is 0 Å². The largest absolute Gasteiger partial charge is 0.508 e. The Morgan fingerprint density at radius 2 is 1.92 bits per heavy atom. The molecule has 0 saturated heterocycles. The van der Waals surface area contributed by atoms with E-state index in [4.69, 9.17) is 10.2 Å². The lowest BCUT2D eigenvalue weighted by molar-refractivity contribution is 0.474. The third-order valence-corrected chi connectivity index (χ3v) is 4.62. The maximum absolute atomic E-state index is 12.3. The van der Waals surface area contributed by atoms with Crippen LogP contribution in [-0.4, -0.2) is 10.1 Å². The second-order valence-electron chi connectivity index (χ2n) is 5.38. The van der Waals surface area contributed by atoms with E-state index in [1.165, 1.54) is 35.6 Å². The summed E-state index contributed by atoms with van der Waals surface area (Å²) >= 11 is 1.29. The predicted octanol–water partition coefficient (Wildman–Crippen LogP) is 3.95. The van der Waals surface area contributed by atoms with E-state index in [1.807, 2.05) is 30.3 Å². The normalized spacial score (nSPS) is 10.9. The number of nitrogens with two attached hydrogens (primary N) is 1. The average molecular weight is 351 g/mol. The number of para-hydroxylation sites is 1. The molecule has 0 bridgehead atoms. The fraction of sp³-hybridized carbons (Fsp3) is 0. The summed E-state index contributed by atoms with van der Waals surface area (Å²) in [4.78, 5) is 17.1. The van der Waals surface area contributed by atoms with Crippen molar-refractivity contribution in [3.8, 4) is 16.4 Å². The summed E-state index contributed by atoms with van der Waals surface area (Å²) in [6.45, 7) is 0. The number of phenolic OH excluding ortho intramolecular Hbond substituents is 1. The summed E-state index contributed by atoms with van der Waals surface area (Å²) in [5, 5.41) is 13.8. The second-order valence-corrected chi connectivity index (χ2v) is 6.38. The zero-order valence-electron chi connectivity index (χ0n) is 12.9. The minimum absolute atomic E-state index is 0.0245. The SMILES string of the molecule is Nc1nc(Nc2ccccc2)sc1-c1cc(=O)c2ccc(O)cc2o1. The van der Waals surface area contributed by atoms with E-state index in [-0.39, 0.29) is 17.0 Å². The maximum Gasteiger partial charge on any atom is 0.193 e. The number of thiazole rings is 1. The topological polar surface area (TPSA) is 101 Å². The smallest absolute Gasteiger partial charge is 0.193 e. The molecule has 0 fully saturated rings. The van der Waals surface area contributed by atoms with Crippen LogP contribution in [0.25, 0.3) is 21.6 Å². The van der Waals surface area contributed by atoms with Crippen LogP contribution in [0.4, 0.5) is 16.6 Å². The van der Waals surface area contributed by atoms with Gasteiger partial charge in [0.25, 0.3) is 0 Å². The number of hydrogen-bond donors (Lipinski definition) is 3. The summed E-state index contributed by atoms with van der Waals surface area (Å²) in [5.41, 5.74) is 6.97. The van der Waals surface area contributed by atoms with Gasteiger partial charge in [-0.25, -0.2) is 4.98 Å². The molecule has 7 heteroatoms. The number of aromatic hydroxyl groups is 1. The molecule has 0 aliphatic heterocycles. The molecule has 2 aromatic heterocycles. The van der Waals surface area contributed by atoms with Gasteiger partial charge in [0.1, 0.15) is 22.0 Å². The Balaban J connectivity index is 1.77. The predicted molar refractivity (Wildman–Crippen MR) is 99.4 cm³/mol. The molecule has 0 amide bonds. The van der Waals surface area contributed by atoms with Gasteiger partial charge in [0.05, 0.1) is 5.39 Å². The van der Waals surface area contributed by atoms with Crippen LogP contribution < -0.4 is 16.5 Å². The molecule has 0 saturated carbocycles. The molecule has 2 heterocycles. The molecule has 4 aromatic rings. The number of rotatable bonds is 3. The zero-order chi connectivity index (χ0) is 17.4. The zero-order valence-corrected chi connectivity index (χ0v) is 13.7. The molecule has 0 atom stereocenters. The Kier molecular flexibility index (Phi) is 3.62. The Hall–Kier alpha value is -3.32. The second kappa shape index (κ2) is 5.95. The number of hydrogen-bond acceptors (Lipinski definition) is 7. The van der Waals surface area contributed by atoms with Gasteiger partial charge in [0.15, 0.2) is 16.3 Å². The highest BCUT2D eigenvalue weighted by atomic mass is 32.1. The van der Waals surface area contributed by atoms with E-state index < -0.39 is 0 Å². The average Bonchev–Trinajstić information content (AvgIpc) is 2.95. The highest BCUT2D eigenvalue weighted by Gasteiger charge is 2.15. The van der Waals surface area contributed by atoms with Gasteiger partial charge >= 0.3 is 0 Å². The lowest BCUT2D eigenvalue weighted by Gasteiger charge is -2.02. The van der Waals surface area contributed by atoms with Crippen molar-refractivity contribution in [3.05, 3.63) is 64.8 Å². The minimum atomic E-state index is -0.207. The highest BCUT2D eigenvalue weighted by Crippen LogP contribution is 2.36. The number of anilines is 3. The number of fused-ring (bicyclic) bond motifs is 1. The summed E-state index contributed by atoms with van der Waals surface area (Å²) < 4.78 is 5.76. The van der Waals surface area contributed by atoms with E-state index in [1.54, 1.807) is 0 Å². The number of nitrogens with zero attached hydrogens (tertiary/aromatic N) is 1. The molecule has 4 N–H and O–H groups in total. The first-order valence-electron chi connectivity index (χ1n) is 7.46. The Labute approximate surface area is 146 Å². The first kappa shape index (κ1) is 15.2. The molecule has 0 spiro atoms. The van der Waals surface area contributed by atoms with Gasteiger partial charge in [-0.3, -0.25) is 4.79 Å². The third-order valence-electron chi connectivity index (χ3n) is 3.61. The van der Waals surface area contributed by atoms with Gasteiger partial charge in [-0.05, 0) is 24.3 Å². The third kappa shape index (κ3) is 2.92. The fourth-order valence-electron chi connectivity index (χ4n) is 2.46. The number of nitrogen functional groups attached to an aromatic ring is 1. The van der Waals surface area contributed by atoms with Crippen molar-refractivity contribution in [3.63, 3.8) is 0 Å². The Morgan fingerprint density at radius 3 is 2.72 bits per heavy atom. The lowest BCUT2D eigenvalue weighted by Crippen LogP contribution is -2.00. The first-order chi connectivity index (χ1) is 12.1. The van der Waals surface area contributed by atoms with Crippen LogP contribution in [0.5, 0.6) is 5.75 Å². The molecule has 25 heavy (non-hydrogen) atoms. The van der Waals surface area contributed by atoms with Crippen molar-refractivity contribution in [2.75, 3.05) is 11.1 Å². The molecule has 0 aliphatic rings. The van der Waals surface area contributed by atoms with E-state index in [2.05, 4.69) is 10.3 Å². The number of aromatic nitrogens is 1. The van der Waals surface area contributed by atoms with Gasteiger partial charge in [-0.15, -0.1) is 0 Å². The van der Waals surface area contributed by atoms with Crippen LogP contribution in [0.15, 0.2) is 63.8 Å². The molecular weight excluding hydrogens is 338 g/mol. The van der Waals surface area contributed by atoms with Crippen molar-refractivity contribution >= 4 is 38.9 Å². The van der Waals surface area contributed by atoms with Gasteiger partial charge in [-0.2, -0.15) is 0 Å². The standard InChI is InChI=1S/C18H13N3O3S/c19-17-16(25-18(21-17)20-10-4-2-1-3-5-10)15-9-13(23)12-7-6-11(22)8-14(12)24-15/h1-9,22H,19H2,(H,20,21). The molecule has 6 nitrogen and oxygen atoms in total. The van der Waals surface area contributed by atoms with Crippen molar-refractivity contribution < 1.29 is 9.52 Å². The van der Waals surface area contributed by atoms with Crippen molar-refractivity contribution in [1.82, 2.24) is 4.98 Å². The van der Waals surface area contributed by atoms with Crippen LogP contribution >= 0.6 is 11.3 Å². The van der Waals surface area contributed by atoms with Crippen LogP contribution in [0.1, 0.15) is 0 Å². The molecule has 0 unspecified atom stereocenters. The number of nitrogens with one attached hydrogen (secondary N) is 1. The molecule has 0 aliphatic carbocycles. The van der Waals surface area contributed by atoms with E-state index in [9.17, 15) is 9.90 Å². The molecule has 4 rings (SSSR count). The molecular formula is C18H13N3O3S. The van der Waals surface area contributed by atoms with Crippen molar-refractivity contribution in [2.24, 2.45) is 0 Å². The Bertz CT molecular complexity index is 1120. The number of benzene rings is 2. The lowest BCUT2D eigenvalue weighted by atomic mass is 10.2. The summed E-state index contributed by atoms with van der Waals surface area (Å²) in [7, 11) is 0. The Morgan fingerprint density at radius 1 is 1.12 bits per heavy atom. The highest BCUT2D eigenvalue weighted by molar-refractivity contribution is 7.19. The summed E-state index contributed by atoms with van der Waals surface area (Å²) in [5.74, 6) is 0.613. The molecule has 2 aromatic carbocycles. The quantitative estimate of drug-likeness (QED) is 0.517. The van der Waals surface area contributed by atoms with E-state index >= 15 is 0 Å². The van der Waals surface area contributed by atoms with Crippen LogP contribution in [0, 0.1) is 0 Å². The number of phenols is 1. The summed E-state index contributed by atoms with van der Waals surface area (Å²) in [6, 6.07) is 15.3. The first-order valence-corrected chi connectivity index (χ1v) is 8.27. The van der Waals surface area contributed by atoms with Gasteiger partial charge in [0, 0.05) is 17.8 Å². The van der Waals surface area contributed by atoms with Gasteiger partial charge in [-0.1, -0.05) is 29.5 Å². The molecule has 0 radical (unpaired) electrons. The van der Waals surface area contributed by atoms with Crippen molar-refractivity contribution in [2.45, 2.75) is 0 Å². The maximum atomic E-state index is 12.3. The van der Waals surface area contributed by atoms with Crippen molar-refractivity contribution in [1.29, 1.82) is 0 Å². The minimum Gasteiger partial charge on any atom is -0.508 e. The summed E-state index contributed by atoms with van der Waals surface area (Å²) in [6.07, 6.45) is 0. The monoisotopic (exact) mass is 351 g/mol. The van der Waals surface area contributed by atoms with E-state index in [0.29, 0.717) is 26.7 Å². The van der Waals surface area contributed by atoms with E-state index in [0.717, 1.165) is 5.69 Å². The van der Waals surface area contributed by atoms with Crippen LogP contribution in [0.3, 0.4) is 0 Å². The fourth-order valence-corrected chi connectivity index (χ4v) is 3.32.